The maximum absolute atomic E-state index is 8.85. The zero-order chi connectivity index (χ0) is 10.7. The van der Waals surface area contributed by atoms with Crippen LogP contribution in [0.4, 0.5) is 0 Å². The van der Waals surface area contributed by atoms with E-state index >= 15 is 0 Å². The number of hydrogen-bond acceptors (Lipinski definition) is 2. The molecule has 1 saturated carbocycles. The first-order chi connectivity index (χ1) is 7.35. The van der Waals surface area contributed by atoms with Gasteiger partial charge >= 0.3 is 0 Å². The Kier molecular flexibility index (Phi) is 3.03. The van der Waals surface area contributed by atoms with Crippen LogP contribution in [-0.2, 0) is 0 Å². The van der Waals surface area contributed by atoms with E-state index < -0.39 is 0 Å². The molecule has 0 aromatic heterocycles. The Morgan fingerprint density at radius 1 is 1.47 bits per heavy atom. The smallest absolute Gasteiger partial charge is 0.0952 e. The van der Waals surface area contributed by atoms with Gasteiger partial charge in [0.05, 0.1) is 12.1 Å². The van der Waals surface area contributed by atoms with Crippen molar-refractivity contribution >= 4 is 0 Å². The highest BCUT2D eigenvalue weighted by Crippen LogP contribution is 2.40. The summed E-state index contributed by atoms with van der Waals surface area (Å²) < 4.78 is 0. The summed E-state index contributed by atoms with van der Waals surface area (Å²) in [6.45, 7) is 2.04. The topological polar surface area (TPSA) is 35.8 Å². The fraction of sp³-hybridized carbons (Fsp3) is 0.462. The van der Waals surface area contributed by atoms with E-state index in [1.54, 1.807) is 0 Å². The van der Waals surface area contributed by atoms with Crippen molar-refractivity contribution in [3.05, 3.63) is 35.9 Å². The lowest BCUT2D eigenvalue weighted by molar-refractivity contribution is 0.575. The lowest BCUT2D eigenvalue weighted by atomic mass is 10.1. The molecule has 2 rings (SSSR count). The molecule has 0 radical (unpaired) electrons. The first kappa shape index (κ1) is 10.2. The van der Waals surface area contributed by atoms with Gasteiger partial charge in [0.2, 0.25) is 0 Å². The second kappa shape index (κ2) is 4.46. The fourth-order valence-corrected chi connectivity index (χ4v) is 1.95. The zero-order valence-electron chi connectivity index (χ0n) is 8.98. The van der Waals surface area contributed by atoms with E-state index in [1.807, 2.05) is 13.0 Å². The number of rotatable bonds is 4. The van der Waals surface area contributed by atoms with Gasteiger partial charge in [0.15, 0.2) is 0 Å². The zero-order valence-corrected chi connectivity index (χ0v) is 8.98. The predicted octanol–water partition coefficient (Wildman–Crippen LogP) is 2.43. The summed E-state index contributed by atoms with van der Waals surface area (Å²) in [6, 6.07) is 13.3. The summed E-state index contributed by atoms with van der Waals surface area (Å²) in [6.07, 6.45) is 2.05. The number of benzene rings is 1. The highest BCUT2D eigenvalue weighted by atomic mass is 15.0. The first-order valence-corrected chi connectivity index (χ1v) is 5.55. The first-order valence-electron chi connectivity index (χ1n) is 5.55. The second-order valence-corrected chi connectivity index (χ2v) is 4.12. The molecular formula is C13H16N2. The van der Waals surface area contributed by atoms with Crippen LogP contribution in [0.3, 0.4) is 0 Å². The quantitative estimate of drug-likeness (QED) is 0.810. The largest absolute Gasteiger partial charge is 0.299 e. The normalized spacial score (nSPS) is 25.6. The van der Waals surface area contributed by atoms with Crippen LogP contribution in [0.2, 0.25) is 0 Å². The summed E-state index contributed by atoms with van der Waals surface area (Å²) in [4.78, 5) is 0. The molecule has 3 atom stereocenters. The van der Waals surface area contributed by atoms with Crippen molar-refractivity contribution < 1.29 is 0 Å². The van der Waals surface area contributed by atoms with Crippen LogP contribution < -0.4 is 5.32 Å². The molecule has 1 N–H and O–H groups in total. The van der Waals surface area contributed by atoms with Gasteiger partial charge in [-0.3, -0.25) is 5.32 Å². The van der Waals surface area contributed by atoms with Gasteiger partial charge in [-0.15, -0.1) is 0 Å². The molecular weight excluding hydrogens is 184 g/mol. The number of hydrogen-bond donors (Lipinski definition) is 1. The SMILES string of the molecule is CCC(C#N)NC1CC1c1ccccc1. The van der Waals surface area contributed by atoms with Crippen LogP contribution in [0.25, 0.3) is 0 Å². The van der Waals surface area contributed by atoms with E-state index in [-0.39, 0.29) is 6.04 Å². The summed E-state index contributed by atoms with van der Waals surface area (Å²) >= 11 is 0. The third kappa shape index (κ3) is 2.37. The summed E-state index contributed by atoms with van der Waals surface area (Å²) in [7, 11) is 0. The molecule has 0 bridgehead atoms. The number of nitrogens with one attached hydrogen (secondary N) is 1. The molecule has 2 nitrogen and oxygen atoms in total. The average molecular weight is 200 g/mol. The van der Waals surface area contributed by atoms with Crippen molar-refractivity contribution in [2.45, 2.75) is 37.8 Å². The molecule has 15 heavy (non-hydrogen) atoms. The molecule has 0 amide bonds. The molecule has 1 aromatic carbocycles. The lowest BCUT2D eigenvalue weighted by Gasteiger charge is -2.08. The van der Waals surface area contributed by atoms with Gasteiger partial charge in [0.25, 0.3) is 0 Å². The van der Waals surface area contributed by atoms with Crippen LogP contribution in [0.5, 0.6) is 0 Å². The fourth-order valence-electron chi connectivity index (χ4n) is 1.95. The number of nitriles is 1. The van der Waals surface area contributed by atoms with Crippen LogP contribution in [-0.4, -0.2) is 12.1 Å². The van der Waals surface area contributed by atoms with Gasteiger partial charge in [-0.25, -0.2) is 0 Å². The van der Waals surface area contributed by atoms with Gasteiger partial charge in [-0.1, -0.05) is 37.3 Å². The summed E-state index contributed by atoms with van der Waals surface area (Å²) in [5.74, 6) is 0.619. The van der Waals surface area contributed by atoms with E-state index in [2.05, 4.69) is 35.7 Å². The van der Waals surface area contributed by atoms with Gasteiger partial charge in [-0.05, 0) is 18.4 Å². The van der Waals surface area contributed by atoms with Crippen LogP contribution in [0.15, 0.2) is 30.3 Å². The van der Waals surface area contributed by atoms with Crippen LogP contribution in [0, 0.1) is 11.3 Å². The Bertz CT molecular complexity index is 353. The maximum Gasteiger partial charge on any atom is 0.0952 e. The van der Waals surface area contributed by atoms with Gasteiger partial charge in [0.1, 0.15) is 0 Å². The molecule has 0 saturated heterocycles. The molecule has 2 heteroatoms. The van der Waals surface area contributed by atoms with Crippen molar-refractivity contribution in [2.24, 2.45) is 0 Å². The van der Waals surface area contributed by atoms with E-state index in [0.29, 0.717) is 12.0 Å². The molecule has 0 spiro atoms. The Morgan fingerprint density at radius 2 is 2.20 bits per heavy atom. The Labute approximate surface area is 90.9 Å². The van der Waals surface area contributed by atoms with E-state index in [9.17, 15) is 0 Å². The Morgan fingerprint density at radius 3 is 2.80 bits per heavy atom. The minimum Gasteiger partial charge on any atom is -0.299 e. The van der Waals surface area contributed by atoms with E-state index in [1.165, 1.54) is 12.0 Å². The molecule has 78 valence electrons. The number of nitrogens with zero attached hydrogens (tertiary/aromatic N) is 1. The molecule has 0 heterocycles. The summed E-state index contributed by atoms with van der Waals surface area (Å²) in [5.41, 5.74) is 1.39. The standard InChI is InChI=1S/C13H16N2/c1-2-11(9-14)15-13-8-12(13)10-6-4-3-5-7-10/h3-7,11-13,15H,2,8H2,1H3. The monoisotopic (exact) mass is 200 g/mol. The Balaban J connectivity index is 1.89. The van der Waals surface area contributed by atoms with E-state index in [0.717, 1.165) is 6.42 Å². The second-order valence-electron chi connectivity index (χ2n) is 4.12. The molecule has 1 aliphatic rings. The van der Waals surface area contributed by atoms with Crippen molar-refractivity contribution in [1.82, 2.24) is 5.32 Å². The van der Waals surface area contributed by atoms with Crippen molar-refractivity contribution in [1.29, 1.82) is 5.26 Å². The van der Waals surface area contributed by atoms with Crippen molar-refractivity contribution in [3.63, 3.8) is 0 Å². The Hall–Kier alpha value is -1.33. The molecule has 1 fully saturated rings. The average Bonchev–Trinajstić information content (AvgIpc) is 3.06. The van der Waals surface area contributed by atoms with Crippen molar-refractivity contribution in [3.8, 4) is 6.07 Å². The van der Waals surface area contributed by atoms with Gasteiger partial charge in [0, 0.05) is 12.0 Å². The highest BCUT2D eigenvalue weighted by Gasteiger charge is 2.38. The molecule has 1 aliphatic carbocycles. The van der Waals surface area contributed by atoms with Crippen molar-refractivity contribution in [2.75, 3.05) is 0 Å². The minimum atomic E-state index is 0.0173. The maximum atomic E-state index is 8.85. The minimum absolute atomic E-state index is 0.0173. The van der Waals surface area contributed by atoms with Gasteiger partial charge in [-0.2, -0.15) is 5.26 Å². The molecule has 1 aromatic rings. The third-order valence-corrected chi connectivity index (χ3v) is 3.00. The summed E-state index contributed by atoms with van der Waals surface area (Å²) in [5, 5.41) is 12.2. The van der Waals surface area contributed by atoms with Crippen LogP contribution >= 0.6 is 0 Å². The highest BCUT2D eigenvalue weighted by molar-refractivity contribution is 5.28. The predicted molar refractivity (Wildman–Crippen MR) is 60.4 cm³/mol. The molecule has 3 unspecified atom stereocenters. The third-order valence-electron chi connectivity index (χ3n) is 3.00. The van der Waals surface area contributed by atoms with Crippen LogP contribution in [0.1, 0.15) is 31.2 Å². The lowest BCUT2D eigenvalue weighted by Crippen LogP contribution is -2.29. The molecule has 0 aliphatic heterocycles. The van der Waals surface area contributed by atoms with Gasteiger partial charge < -0.3 is 0 Å². The van der Waals surface area contributed by atoms with E-state index in [4.69, 9.17) is 5.26 Å².